The molecular weight excluding hydrogens is 276 g/mol. The molecule has 2 aliphatic rings. The lowest BCUT2D eigenvalue weighted by Gasteiger charge is -2.12. The summed E-state index contributed by atoms with van der Waals surface area (Å²) in [6.45, 7) is 8.14. The Balaban J connectivity index is 1.73. The molecule has 0 spiro atoms. The Labute approximate surface area is 130 Å². The van der Waals surface area contributed by atoms with Crippen molar-refractivity contribution in [2.45, 2.75) is 32.7 Å². The van der Waals surface area contributed by atoms with Gasteiger partial charge in [0.05, 0.1) is 18.9 Å². The van der Waals surface area contributed by atoms with E-state index in [2.05, 4.69) is 35.6 Å². The summed E-state index contributed by atoms with van der Waals surface area (Å²) < 4.78 is 7.70. The van der Waals surface area contributed by atoms with Crippen LogP contribution in [0.15, 0.2) is 18.3 Å². The van der Waals surface area contributed by atoms with Gasteiger partial charge in [0, 0.05) is 29.4 Å². The molecule has 1 saturated heterocycles. The van der Waals surface area contributed by atoms with E-state index in [1.165, 1.54) is 5.69 Å². The first-order chi connectivity index (χ1) is 10.6. The molecule has 3 heterocycles. The predicted molar refractivity (Wildman–Crippen MR) is 85.5 cm³/mol. The third kappa shape index (κ3) is 2.03. The molecule has 0 aromatic carbocycles. The third-order valence-electron chi connectivity index (χ3n) is 4.96. The van der Waals surface area contributed by atoms with Crippen molar-refractivity contribution in [2.75, 3.05) is 18.9 Å². The second kappa shape index (κ2) is 4.81. The minimum absolute atomic E-state index is 0.355. The summed E-state index contributed by atoms with van der Waals surface area (Å²) in [5.41, 5.74) is 10.2. The lowest BCUT2D eigenvalue weighted by atomic mass is 10.1. The van der Waals surface area contributed by atoms with Gasteiger partial charge in [-0.2, -0.15) is 5.10 Å². The zero-order valence-electron chi connectivity index (χ0n) is 13.3. The fraction of sp³-hybridized carbons (Fsp3) is 0.529. The molecule has 2 atom stereocenters. The number of anilines is 1. The van der Waals surface area contributed by atoms with Crippen LogP contribution in [0.5, 0.6) is 0 Å². The van der Waals surface area contributed by atoms with Gasteiger partial charge >= 0.3 is 0 Å². The smallest absolute Gasteiger partial charge is 0.126 e. The van der Waals surface area contributed by atoms with Gasteiger partial charge in [-0.05, 0) is 50.3 Å². The largest absolute Gasteiger partial charge is 0.383 e. The van der Waals surface area contributed by atoms with Gasteiger partial charge in [0.1, 0.15) is 5.82 Å². The number of nitrogens with zero attached hydrogens (tertiary/aromatic N) is 3. The number of pyridine rings is 1. The van der Waals surface area contributed by atoms with Crippen LogP contribution in [0.4, 0.5) is 5.82 Å². The molecule has 2 fully saturated rings. The van der Waals surface area contributed by atoms with E-state index in [1.807, 2.05) is 13.1 Å². The van der Waals surface area contributed by atoms with Gasteiger partial charge in [0.15, 0.2) is 0 Å². The fourth-order valence-corrected chi connectivity index (χ4v) is 3.62. The zero-order valence-corrected chi connectivity index (χ0v) is 13.3. The molecule has 1 saturated carbocycles. The normalized spacial score (nSPS) is 26.5. The number of nitrogen functional groups attached to an aromatic ring is 1. The standard InChI is InChI=1S/C17H22N4O/c1-9(2)21-15(16-12-7-22-8-13(12)16)5-14(20-21)11-4-10(3)17(18)19-6-11/h4-6,9,12-13,16H,7-8H2,1-3H3,(H2,18,19). The first-order valence-corrected chi connectivity index (χ1v) is 7.96. The minimum atomic E-state index is 0.355. The second-order valence-corrected chi connectivity index (χ2v) is 6.81. The van der Waals surface area contributed by atoms with Gasteiger partial charge < -0.3 is 10.5 Å². The maximum absolute atomic E-state index is 5.82. The maximum atomic E-state index is 5.82. The van der Waals surface area contributed by atoms with E-state index in [0.717, 1.165) is 30.0 Å². The van der Waals surface area contributed by atoms with Crippen LogP contribution in [0.2, 0.25) is 0 Å². The van der Waals surface area contributed by atoms with Crippen molar-refractivity contribution < 1.29 is 4.74 Å². The van der Waals surface area contributed by atoms with Gasteiger partial charge in [-0.15, -0.1) is 0 Å². The Hall–Kier alpha value is -1.88. The molecule has 0 amide bonds. The SMILES string of the molecule is Cc1cc(-c2cc(C3C4COCC43)n(C(C)C)n2)cnc1N. The Kier molecular flexibility index (Phi) is 3.01. The van der Waals surface area contributed by atoms with Gasteiger partial charge in [-0.25, -0.2) is 4.98 Å². The highest BCUT2D eigenvalue weighted by Gasteiger charge is 2.56. The van der Waals surface area contributed by atoms with Gasteiger partial charge in [0.2, 0.25) is 0 Å². The zero-order chi connectivity index (χ0) is 15.4. The van der Waals surface area contributed by atoms with Gasteiger partial charge in [-0.3, -0.25) is 4.68 Å². The number of hydrogen-bond acceptors (Lipinski definition) is 4. The van der Waals surface area contributed by atoms with Gasteiger partial charge in [0.25, 0.3) is 0 Å². The van der Waals surface area contributed by atoms with E-state index in [9.17, 15) is 0 Å². The van der Waals surface area contributed by atoms with Crippen molar-refractivity contribution in [2.24, 2.45) is 11.8 Å². The van der Waals surface area contributed by atoms with E-state index in [4.69, 9.17) is 15.6 Å². The van der Waals surface area contributed by atoms with E-state index < -0.39 is 0 Å². The number of aromatic nitrogens is 3. The predicted octanol–water partition coefficient (Wildman–Crippen LogP) is 2.78. The molecule has 0 radical (unpaired) electrons. The van der Waals surface area contributed by atoms with Crippen molar-refractivity contribution in [1.29, 1.82) is 0 Å². The Morgan fingerprint density at radius 1 is 1.27 bits per heavy atom. The first kappa shape index (κ1) is 13.8. The average molecular weight is 298 g/mol. The summed E-state index contributed by atoms with van der Waals surface area (Å²) >= 11 is 0. The fourth-order valence-electron chi connectivity index (χ4n) is 3.62. The monoisotopic (exact) mass is 298 g/mol. The Morgan fingerprint density at radius 3 is 2.64 bits per heavy atom. The number of hydrogen-bond donors (Lipinski definition) is 1. The molecule has 116 valence electrons. The molecule has 22 heavy (non-hydrogen) atoms. The number of fused-ring (bicyclic) bond motifs is 1. The van der Waals surface area contributed by atoms with E-state index in [0.29, 0.717) is 29.6 Å². The van der Waals surface area contributed by atoms with E-state index >= 15 is 0 Å². The summed E-state index contributed by atoms with van der Waals surface area (Å²) in [4.78, 5) is 4.27. The van der Waals surface area contributed by atoms with Crippen LogP contribution in [-0.4, -0.2) is 28.0 Å². The van der Waals surface area contributed by atoms with Crippen molar-refractivity contribution in [1.82, 2.24) is 14.8 Å². The highest BCUT2D eigenvalue weighted by molar-refractivity contribution is 5.62. The van der Waals surface area contributed by atoms with Crippen molar-refractivity contribution in [3.63, 3.8) is 0 Å². The molecule has 2 unspecified atom stereocenters. The van der Waals surface area contributed by atoms with Crippen LogP contribution >= 0.6 is 0 Å². The summed E-state index contributed by atoms with van der Waals surface area (Å²) in [6.07, 6.45) is 1.82. The summed E-state index contributed by atoms with van der Waals surface area (Å²) in [5, 5.41) is 4.83. The lowest BCUT2D eigenvalue weighted by Crippen LogP contribution is -2.09. The number of rotatable bonds is 3. The molecule has 1 aliphatic carbocycles. The number of nitrogens with two attached hydrogens (primary N) is 1. The molecule has 4 rings (SSSR count). The molecule has 5 nitrogen and oxygen atoms in total. The van der Waals surface area contributed by atoms with Crippen molar-refractivity contribution in [3.8, 4) is 11.3 Å². The molecular formula is C17H22N4O. The third-order valence-corrected chi connectivity index (χ3v) is 4.96. The topological polar surface area (TPSA) is 66.0 Å². The molecule has 5 heteroatoms. The van der Waals surface area contributed by atoms with Crippen LogP contribution in [0, 0.1) is 18.8 Å². The second-order valence-electron chi connectivity index (χ2n) is 6.81. The van der Waals surface area contributed by atoms with Crippen LogP contribution in [0.25, 0.3) is 11.3 Å². The molecule has 1 aliphatic heterocycles. The molecule has 2 aromatic heterocycles. The minimum Gasteiger partial charge on any atom is -0.383 e. The molecule has 2 aromatic rings. The first-order valence-electron chi connectivity index (χ1n) is 7.96. The van der Waals surface area contributed by atoms with Crippen LogP contribution in [0.3, 0.4) is 0 Å². The van der Waals surface area contributed by atoms with Gasteiger partial charge in [-0.1, -0.05) is 0 Å². The van der Waals surface area contributed by atoms with Crippen LogP contribution in [0.1, 0.15) is 37.1 Å². The molecule has 2 N–H and O–H groups in total. The van der Waals surface area contributed by atoms with Crippen molar-refractivity contribution in [3.05, 3.63) is 29.6 Å². The lowest BCUT2D eigenvalue weighted by molar-refractivity contribution is 0.159. The highest BCUT2D eigenvalue weighted by Crippen LogP contribution is 2.58. The quantitative estimate of drug-likeness (QED) is 0.946. The molecule has 0 bridgehead atoms. The average Bonchev–Trinajstić information content (AvgIpc) is 2.90. The number of ether oxygens (including phenoxy) is 1. The maximum Gasteiger partial charge on any atom is 0.126 e. The Bertz CT molecular complexity index is 711. The summed E-state index contributed by atoms with van der Waals surface area (Å²) in [7, 11) is 0. The van der Waals surface area contributed by atoms with Crippen molar-refractivity contribution >= 4 is 5.82 Å². The number of aryl methyl sites for hydroxylation is 1. The van der Waals surface area contributed by atoms with E-state index in [-0.39, 0.29) is 0 Å². The summed E-state index contributed by atoms with van der Waals surface area (Å²) in [6, 6.07) is 4.65. The van der Waals surface area contributed by atoms with Crippen LogP contribution in [-0.2, 0) is 4.74 Å². The van der Waals surface area contributed by atoms with E-state index in [1.54, 1.807) is 0 Å². The summed E-state index contributed by atoms with van der Waals surface area (Å²) in [5.74, 6) is 2.57. The van der Waals surface area contributed by atoms with Crippen LogP contribution < -0.4 is 5.73 Å². The Morgan fingerprint density at radius 2 is 2.00 bits per heavy atom. The highest BCUT2D eigenvalue weighted by atomic mass is 16.5.